The molecule has 2 aliphatic heterocycles. The van der Waals surface area contributed by atoms with Crippen molar-refractivity contribution < 1.29 is 4.74 Å². The quantitative estimate of drug-likeness (QED) is 0.266. The molecule has 0 saturated carbocycles. The van der Waals surface area contributed by atoms with Crippen LogP contribution in [0.2, 0.25) is 0 Å². The molecule has 0 aromatic heterocycles. The minimum absolute atomic E-state index is 0. The van der Waals surface area contributed by atoms with E-state index in [0.717, 1.165) is 38.8 Å². The van der Waals surface area contributed by atoms with E-state index in [2.05, 4.69) is 34.0 Å². The number of rotatable bonds is 8. The number of hydrogen-bond acceptors (Lipinski definition) is 3. The summed E-state index contributed by atoms with van der Waals surface area (Å²) in [6.07, 6.45) is 6.12. The van der Waals surface area contributed by atoms with Crippen LogP contribution in [0.3, 0.4) is 0 Å². The maximum atomic E-state index is 5.62. The van der Waals surface area contributed by atoms with Crippen LogP contribution in [0, 0.1) is 5.41 Å². The molecule has 5 nitrogen and oxygen atoms in total. The summed E-state index contributed by atoms with van der Waals surface area (Å²) in [7, 11) is 1.90. The zero-order valence-corrected chi connectivity index (χ0v) is 18.2. The zero-order chi connectivity index (χ0) is 16.5. The number of nitrogens with one attached hydrogen (secondary N) is 1. The van der Waals surface area contributed by atoms with Gasteiger partial charge in [0.1, 0.15) is 0 Å². The maximum Gasteiger partial charge on any atom is 0.193 e. The van der Waals surface area contributed by atoms with Crippen LogP contribution in [0.1, 0.15) is 46.0 Å². The lowest BCUT2D eigenvalue weighted by atomic mass is 9.87. The van der Waals surface area contributed by atoms with E-state index in [0.29, 0.717) is 5.41 Å². The first kappa shape index (κ1) is 22.0. The van der Waals surface area contributed by atoms with Crippen molar-refractivity contribution in [2.24, 2.45) is 10.4 Å². The first-order chi connectivity index (χ1) is 11.2. The largest absolute Gasteiger partial charge is 0.381 e. The van der Waals surface area contributed by atoms with Gasteiger partial charge in [-0.1, -0.05) is 13.8 Å². The van der Waals surface area contributed by atoms with E-state index in [-0.39, 0.29) is 24.0 Å². The minimum atomic E-state index is 0. The van der Waals surface area contributed by atoms with Gasteiger partial charge in [0.25, 0.3) is 0 Å². The Bertz CT molecular complexity index is 366. The second-order valence-corrected chi connectivity index (χ2v) is 7.14. The van der Waals surface area contributed by atoms with E-state index in [9.17, 15) is 0 Å². The lowest BCUT2D eigenvalue weighted by Gasteiger charge is -2.25. The summed E-state index contributed by atoms with van der Waals surface area (Å²) in [6, 6.07) is 0. The highest BCUT2D eigenvalue weighted by molar-refractivity contribution is 14.0. The Morgan fingerprint density at radius 2 is 1.96 bits per heavy atom. The molecule has 0 aromatic rings. The molecule has 6 heteroatoms. The summed E-state index contributed by atoms with van der Waals surface area (Å²) >= 11 is 0. The number of halogens is 1. The molecule has 0 aromatic carbocycles. The number of guanidine groups is 1. The molecule has 0 radical (unpaired) electrons. The summed E-state index contributed by atoms with van der Waals surface area (Å²) in [5, 5.41) is 3.57. The summed E-state index contributed by atoms with van der Waals surface area (Å²) in [4.78, 5) is 9.49. The molecule has 24 heavy (non-hydrogen) atoms. The van der Waals surface area contributed by atoms with Crippen molar-refractivity contribution in [2.45, 2.75) is 46.0 Å². The van der Waals surface area contributed by atoms with Gasteiger partial charge in [0, 0.05) is 38.7 Å². The number of ether oxygens (including phenoxy) is 1. The molecule has 1 atom stereocenters. The first-order valence-electron chi connectivity index (χ1n) is 9.48. The second-order valence-electron chi connectivity index (χ2n) is 7.14. The predicted octanol–water partition coefficient (Wildman–Crippen LogP) is 2.80. The third-order valence-corrected chi connectivity index (χ3v) is 5.15. The predicted molar refractivity (Wildman–Crippen MR) is 112 cm³/mol. The highest BCUT2D eigenvalue weighted by atomic mass is 127. The molecule has 2 fully saturated rings. The number of nitrogens with zero attached hydrogens (tertiary/aromatic N) is 3. The average molecular weight is 452 g/mol. The van der Waals surface area contributed by atoms with Gasteiger partial charge < -0.3 is 19.9 Å². The Hall–Kier alpha value is -0.0800. The van der Waals surface area contributed by atoms with Crippen LogP contribution in [0.5, 0.6) is 0 Å². The smallest absolute Gasteiger partial charge is 0.193 e. The number of aliphatic imine (C=N–C) groups is 1. The molecule has 0 aliphatic carbocycles. The minimum Gasteiger partial charge on any atom is -0.381 e. The lowest BCUT2D eigenvalue weighted by molar-refractivity contribution is 0.156. The van der Waals surface area contributed by atoms with Crippen LogP contribution in [-0.4, -0.2) is 75.3 Å². The SMILES string of the molecule is CCCN(CCC)CCCNC(=NC)N1CCC2(CCOC2)C1.I. The van der Waals surface area contributed by atoms with Crippen LogP contribution in [-0.2, 0) is 4.74 Å². The molecule has 0 bridgehead atoms. The topological polar surface area (TPSA) is 40.1 Å². The fourth-order valence-electron chi connectivity index (χ4n) is 3.89. The summed E-state index contributed by atoms with van der Waals surface area (Å²) in [5.74, 6) is 1.08. The summed E-state index contributed by atoms with van der Waals surface area (Å²) < 4.78 is 5.62. The molecular weight excluding hydrogens is 415 g/mol. The van der Waals surface area contributed by atoms with E-state index >= 15 is 0 Å². The molecule has 142 valence electrons. The van der Waals surface area contributed by atoms with Crippen molar-refractivity contribution in [1.82, 2.24) is 15.1 Å². The highest BCUT2D eigenvalue weighted by Crippen LogP contribution is 2.38. The Labute approximate surface area is 165 Å². The van der Waals surface area contributed by atoms with Crippen LogP contribution in [0.15, 0.2) is 4.99 Å². The molecule has 0 amide bonds. The third kappa shape index (κ3) is 6.33. The van der Waals surface area contributed by atoms with Gasteiger partial charge in [-0.2, -0.15) is 0 Å². The maximum absolute atomic E-state index is 5.62. The standard InChI is InChI=1S/C18H36N4O.HI/c1-4-10-21(11-5-2)12-6-9-20-17(19-3)22-13-7-18(15-22)8-14-23-16-18;/h4-16H2,1-3H3,(H,19,20);1H. The fourth-order valence-corrected chi connectivity index (χ4v) is 3.89. The molecule has 1 unspecified atom stereocenters. The number of likely N-dealkylation sites (tertiary alicyclic amines) is 1. The molecule has 2 rings (SSSR count). The van der Waals surface area contributed by atoms with E-state index in [4.69, 9.17) is 4.74 Å². The van der Waals surface area contributed by atoms with Gasteiger partial charge in [0.15, 0.2) is 5.96 Å². The first-order valence-corrected chi connectivity index (χ1v) is 9.48. The molecule has 2 heterocycles. The lowest BCUT2D eigenvalue weighted by Crippen LogP contribution is -2.42. The van der Waals surface area contributed by atoms with E-state index in [1.807, 2.05) is 7.05 Å². The molecule has 2 saturated heterocycles. The van der Waals surface area contributed by atoms with Gasteiger partial charge in [-0.15, -0.1) is 24.0 Å². The van der Waals surface area contributed by atoms with E-state index in [1.54, 1.807) is 0 Å². The van der Waals surface area contributed by atoms with Crippen molar-refractivity contribution in [3.8, 4) is 0 Å². The van der Waals surface area contributed by atoms with E-state index < -0.39 is 0 Å². The van der Waals surface area contributed by atoms with E-state index in [1.165, 1.54) is 51.7 Å². The van der Waals surface area contributed by atoms with Crippen LogP contribution in [0.4, 0.5) is 0 Å². The van der Waals surface area contributed by atoms with Crippen LogP contribution < -0.4 is 5.32 Å². The third-order valence-electron chi connectivity index (χ3n) is 5.15. The van der Waals surface area contributed by atoms with Crippen molar-refractivity contribution in [3.05, 3.63) is 0 Å². The van der Waals surface area contributed by atoms with Gasteiger partial charge in [-0.05, 0) is 51.7 Å². The number of hydrogen-bond donors (Lipinski definition) is 1. The molecular formula is C18H37IN4O. The van der Waals surface area contributed by atoms with Crippen molar-refractivity contribution in [1.29, 1.82) is 0 Å². The fraction of sp³-hybridized carbons (Fsp3) is 0.944. The van der Waals surface area contributed by atoms with Gasteiger partial charge >= 0.3 is 0 Å². The zero-order valence-electron chi connectivity index (χ0n) is 15.9. The van der Waals surface area contributed by atoms with Crippen molar-refractivity contribution >= 4 is 29.9 Å². The molecule has 2 aliphatic rings. The van der Waals surface area contributed by atoms with Gasteiger partial charge in [-0.3, -0.25) is 4.99 Å². The summed E-state index contributed by atoms with van der Waals surface area (Å²) in [5.41, 5.74) is 0.399. The Morgan fingerprint density at radius 3 is 2.54 bits per heavy atom. The molecule has 1 N–H and O–H groups in total. The average Bonchev–Trinajstić information content (AvgIpc) is 3.18. The van der Waals surface area contributed by atoms with Gasteiger partial charge in [-0.25, -0.2) is 0 Å². The normalized spacial score (nSPS) is 24.0. The van der Waals surface area contributed by atoms with Crippen molar-refractivity contribution in [3.63, 3.8) is 0 Å². The Morgan fingerprint density at radius 1 is 1.21 bits per heavy atom. The van der Waals surface area contributed by atoms with Crippen molar-refractivity contribution in [2.75, 3.05) is 59.5 Å². The molecule has 1 spiro atoms. The van der Waals surface area contributed by atoms with Gasteiger partial charge in [0.2, 0.25) is 0 Å². The van der Waals surface area contributed by atoms with Crippen LogP contribution >= 0.6 is 24.0 Å². The van der Waals surface area contributed by atoms with Crippen LogP contribution in [0.25, 0.3) is 0 Å². The Balaban J connectivity index is 0.00000288. The monoisotopic (exact) mass is 452 g/mol. The Kier molecular flexibility index (Phi) is 10.5. The highest BCUT2D eigenvalue weighted by Gasteiger charge is 2.42. The summed E-state index contributed by atoms with van der Waals surface area (Å²) in [6.45, 7) is 13.2. The second kappa shape index (κ2) is 11.5. The van der Waals surface area contributed by atoms with Gasteiger partial charge in [0.05, 0.1) is 6.61 Å².